The Morgan fingerprint density at radius 1 is 0.765 bits per heavy atom. The van der Waals surface area contributed by atoms with Crippen LogP contribution >= 0.6 is 11.8 Å². The van der Waals surface area contributed by atoms with E-state index in [1.165, 1.54) is 46.6 Å². The van der Waals surface area contributed by atoms with E-state index in [2.05, 4.69) is 77.2 Å². The Labute approximate surface area is 212 Å². The smallest absolute Gasteiger partial charge is 0.327 e. The number of thioether (sulfide) groups is 1. The van der Waals surface area contributed by atoms with E-state index in [1.54, 1.807) is 0 Å². The van der Waals surface area contributed by atoms with E-state index in [9.17, 15) is 9.59 Å². The van der Waals surface area contributed by atoms with Crippen LogP contribution in [0.3, 0.4) is 0 Å². The van der Waals surface area contributed by atoms with Gasteiger partial charge < -0.3 is 10.4 Å². The van der Waals surface area contributed by atoms with Gasteiger partial charge in [0.15, 0.2) is 0 Å². The Kier molecular flexibility index (Phi) is 18.2. The van der Waals surface area contributed by atoms with Crippen LogP contribution in [0.15, 0.2) is 58.2 Å². The van der Waals surface area contributed by atoms with Gasteiger partial charge in [-0.1, -0.05) is 58.2 Å². The number of carbonyl (C=O) groups excluding carboxylic acids is 1. The predicted molar refractivity (Wildman–Crippen MR) is 149 cm³/mol. The third-order valence-corrected chi connectivity index (χ3v) is 6.27. The number of hydrogen-bond acceptors (Lipinski definition) is 3. The number of carboxylic acid groups (broad SMARTS) is 1. The summed E-state index contributed by atoms with van der Waals surface area (Å²) in [5.74, 6) is -0.187. The highest BCUT2D eigenvalue weighted by atomic mass is 32.2. The standard InChI is InChI=1S/C29H47NO3S/c1-22(2)11-8-12-24(5)13-9-15-27(18-17-23(3)4)16-10-14-25(6)19-20-34-21-28(29(32)33)30-26(7)31/h11,13,16-17,19,28H,8-10,12,14-15,18,20-21H2,1-7H3,(H,30,31)(H,32,33)/b24-13+,25-19-,27-16+/t28-/m0/s1. The Bertz CT molecular complexity index is 779. The van der Waals surface area contributed by atoms with Crippen LogP contribution in [-0.2, 0) is 9.59 Å². The number of hydrogen-bond donors (Lipinski definition) is 2. The molecule has 0 rings (SSSR count). The summed E-state index contributed by atoms with van der Waals surface area (Å²) >= 11 is 1.53. The van der Waals surface area contributed by atoms with E-state index in [1.807, 2.05) is 0 Å². The van der Waals surface area contributed by atoms with E-state index in [0.717, 1.165) is 50.7 Å². The van der Waals surface area contributed by atoms with Gasteiger partial charge in [-0.25, -0.2) is 4.79 Å². The summed E-state index contributed by atoms with van der Waals surface area (Å²) in [7, 11) is 0. The summed E-state index contributed by atoms with van der Waals surface area (Å²) in [5.41, 5.74) is 7.02. The molecule has 5 heteroatoms. The Morgan fingerprint density at radius 3 is 1.88 bits per heavy atom. The first-order valence-electron chi connectivity index (χ1n) is 12.3. The maximum Gasteiger partial charge on any atom is 0.327 e. The molecule has 0 spiro atoms. The number of amides is 1. The van der Waals surface area contributed by atoms with Crippen molar-refractivity contribution in [3.8, 4) is 0 Å². The first-order valence-corrected chi connectivity index (χ1v) is 13.5. The van der Waals surface area contributed by atoms with Gasteiger partial charge in [-0.2, -0.15) is 11.8 Å². The fourth-order valence-corrected chi connectivity index (χ4v) is 4.23. The van der Waals surface area contributed by atoms with Crippen LogP contribution in [0.4, 0.5) is 0 Å². The molecule has 1 amide bonds. The molecule has 0 radical (unpaired) electrons. The van der Waals surface area contributed by atoms with Crippen LogP contribution in [0, 0.1) is 0 Å². The van der Waals surface area contributed by atoms with Crippen LogP contribution in [-0.4, -0.2) is 34.5 Å². The second-order valence-electron chi connectivity index (χ2n) is 9.48. The van der Waals surface area contributed by atoms with Gasteiger partial charge in [0.2, 0.25) is 5.91 Å². The van der Waals surface area contributed by atoms with Crippen molar-refractivity contribution >= 4 is 23.6 Å². The number of allylic oxidation sites excluding steroid dienone is 9. The molecule has 0 aliphatic rings. The van der Waals surface area contributed by atoms with Gasteiger partial charge in [0.1, 0.15) is 6.04 Å². The van der Waals surface area contributed by atoms with Crippen molar-refractivity contribution in [2.24, 2.45) is 0 Å². The molecule has 0 aromatic rings. The molecule has 1 atom stereocenters. The third-order valence-electron chi connectivity index (χ3n) is 5.30. The SMILES string of the molecule is CC(=O)N[C@@H](CSC/C=C(/C)CC/C=C(/CC=C(C)C)CC/C=C(\C)CCC=C(C)C)C(=O)O. The van der Waals surface area contributed by atoms with Crippen LogP contribution in [0.25, 0.3) is 0 Å². The van der Waals surface area contributed by atoms with E-state index in [-0.39, 0.29) is 5.91 Å². The van der Waals surface area contributed by atoms with E-state index < -0.39 is 12.0 Å². The van der Waals surface area contributed by atoms with Crippen molar-refractivity contribution in [2.75, 3.05) is 11.5 Å². The lowest BCUT2D eigenvalue weighted by atomic mass is 10.0. The molecular weight excluding hydrogens is 442 g/mol. The molecule has 0 saturated heterocycles. The van der Waals surface area contributed by atoms with Gasteiger partial charge in [0.05, 0.1) is 0 Å². The Morgan fingerprint density at radius 2 is 1.32 bits per heavy atom. The van der Waals surface area contributed by atoms with Gasteiger partial charge in [-0.15, -0.1) is 0 Å². The number of rotatable bonds is 17. The van der Waals surface area contributed by atoms with Gasteiger partial charge >= 0.3 is 5.97 Å². The molecule has 0 aliphatic carbocycles. The zero-order valence-corrected chi connectivity index (χ0v) is 23.3. The first kappa shape index (κ1) is 32.0. The zero-order valence-electron chi connectivity index (χ0n) is 22.5. The third kappa shape index (κ3) is 19.5. The Hall–Kier alpha value is -2.01. The topological polar surface area (TPSA) is 66.4 Å². The Balaban J connectivity index is 4.65. The lowest BCUT2D eigenvalue weighted by molar-refractivity contribution is -0.140. The monoisotopic (exact) mass is 489 g/mol. The second-order valence-corrected chi connectivity index (χ2v) is 10.6. The molecule has 0 bridgehead atoms. The molecule has 192 valence electrons. The molecule has 34 heavy (non-hydrogen) atoms. The highest BCUT2D eigenvalue weighted by Gasteiger charge is 2.17. The first-order chi connectivity index (χ1) is 16.0. The average Bonchev–Trinajstić information content (AvgIpc) is 2.72. The number of carbonyl (C=O) groups is 2. The van der Waals surface area contributed by atoms with Crippen molar-refractivity contribution in [3.05, 3.63) is 58.2 Å². The van der Waals surface area contributed by atoms with Crippen LogP contribution in [0.2, 0.25) is 0 Å². The van der Waals surface area contributed by atoms with E-state index in [0.29, 0.717) is 5.75 Å². The molecule has 0 aromatic heterocycles. The molecule has 4 nitrogen and oxygen atoms in total. The van der Waals surface area contributed by atoms with Crippen LogP contribution < -0.4 is 5.32 Å². The zero-order chi connectivity index (χ0) is 25.9. The fraction of sp³-hybridized carbons (Fsp3) is 0.586. The summed E-state index contributed by atoms with van der Waals surface area (Å²) in [6, 6.07) is -0.832. The average molecular weight is 490 g/mol. The minimum absolute atomic E-state index is 0.315. The van der Waals surface area contributed by atoms with Crippen molar-refractivity contribution in [1.82, 2.24) is 5.32 Å². The predicted octanol–water partition coefficient (Wildman–Crippen LogP) is 7.79. The van der Waals surface area contributed by atoms with E-state index in [4.69, 9.17) is 5.11 Å². The maximum absolute atomic E-state index is 11.2. The highest BCUT2D eigenvalue weighted by Crippen LogP contribution is 2.18. The molecule has 0 fully saturated rings. The van der Waals surface area contributed by atoms with E-state index >= 15 is 0 Å². The normalized spacial score (nSPS) is 13.3. The highest BCUT2D eigenvalue weighted by molar-refractivity contribution is 7.99. The second kappa shape index (κ2) is 19.3. The van der Waals surface area contributed by atoms with Crippen molar-refractivity contribution in [1.29, 1.82) is 0 Å². The number of nitrogens with one attached hydrogen (secondary N) is 1. The van der Waals surface area contributed by atoms with Crippen molar-refractivity contribution in [3.63, 3.8) is 0 Å². The van der Waals surface area contributed by atoms with Gasteiger partial charge in [-0.3, -0.25) is 4.79 Å². The van der Waals surface area contributed by atoms with Crippen molar-refractivity contribution < 1.29 is 14.7 Å². The molecule has 0 aliphatic heterocycles. The molecule has 2 N–H and O–H groups in total. The summed E-state index contributed by atoms with van der Waals surface area (Å²) < 4.78 is 0. The number of carboxylic acids is 1. The van der Waals surface area contributed by atoms with Crippen LogP contribution in [0.5, 0.6) is 0 Å². The fourth-order valence-electron chi connectivity index (χ4n) is 3.23. The summed E-state index contributed by atoms with van der Waals surface area (Å²) in [6.07, 6.45) is 19.1. The summed E-state index contributed by atoms with van der Waals surface area (Å²) in [6.45, 7) is 14.3. The summed E-state index contributed by atoms with van der Waals surface area (Å²) in [4.78, 5) is 22.3. The van der Waals surface area contributed by atoms with Crippen molar-refractivity contribution in [2.45, 2.75) is 99.5 Å². The largest absolute Gasteiger partial charge is 0.480 e. The quantitative estimate of drug-likeness (QED) is 0.162. The number of aliphatic carboxylic acids is 1. The molecular formula is C29H47NO3S. The van der Waals surface area contributed by atoms with Gasteiger partial charge in [0, 0.05) is 18.4 Å². The lowest BCUT2D eigenvalue weighted by Crippen LogP contribution is -2.41. The molecule has 0 heterocycles. The molecule has 0 unspecified atom stereocenters. The minimum Gasteiger partial charge on any atom is -0.480 e. The van der Waals surface area contributed by atoms with Gasteiger partial charge in [-0.05, 0) is 86.5 Å². The maximum atomic E-state index is 11.2. The molecule has 0 aromatic carbocycles. The van der Waals surface area contributed by atoms with Gasteiger partial charge in [0.25, 0.3) is 0 Å². The summed E-state index contributed by atoms with van der Waals surface area (Å²) in [5, 5.41) is 11.6. The van der Waals surface area contributed by atoms with Crippen LogP contribution in [0.1, 0.15) is 93.4 Å². The molecule has 0 saturated carbocycles. The lowest BCUT2D eigenvalue weighted by Gasteiger charge is -2.12. The minimum atomic E-state index is -0.990.